The van der Waals surface area contributed by atoms with Gasteiger partial charge in [-0.3, -0.25) is 0 Å². The molecule has 0 spiro atoms. The monoisotopic (exact) mass is 145 g/mol. The van der Waals surface area contributed by atoms with Crippen LogP contribution in [0.3, 0.4) is 0 Å². The number of rotatable bonds is 1. The number of nitrogens with two attached hydrogens (primary N) is 1. The predicted octanol–water partition coefficient (Wildman–Crippen LogP) is -0.724. The molecule has 2 atom stereocenters. The molecular weight excluding hydrogens is 134 g/mol. The van der Waals surface area contributed by atoms with Crippen molar-refractivity contribution >= 4 is 5.97 Å². The van der Waals surface area contributed by atoms with Crippen molar-refractivity contribution in [3.05, 3.63) is 0 Å². The molecule has 0 unspecified atom stereocenters. The molecule has 10 heavy (non-hydrogen) atoms. The summed E-state index contributed by atoms with van der Waals surface area (Å²) >= 11 is 0. The maximum absolute atomic E-state index is 10.8. The minimum atomic E-state index is -0.431. The standard InChI is InChI=1S/C6H11NO3/c1-9-6(8)5-2-4(7)3-10-5/h4-5H,2-3,7H2,1H3/t4-,5+/m1/s1. The van der Waals surface area contributed by atoms with Gasteiger partial charge in [0, 0.05) is 12.5 Å². The summed E-state index contributed by atoms with van der Waals surface area (Å²) < 4.78 is 9.48. The lowest BCUT2D eigenvalue weighted by Crippen LogP contribution is -2.23. The molecule has 1 heterocycles. The second-order valence-corrected chi connectivity index (χ2v) is 2.34. The Bertz CT molecular complexity index is 137. The van der Waals surface area contributed by atoms with E-state index in [9.17, 15) is 4.79 Å². The molecule has 0 aliphatic carbocycles. The van der Waals surface area contributed by atoms with Gasteiger partial charge >= 0.3 is 5.97 Å². The molecule has 58 valence electrons. The van der Waals surface area contributed by atoms with Crippen LogP contribution in [0.5, 0.6) is 0 Å². The maximum Gasteiger partial charge on any atom is 0.335 e. The quantitative estimate of drug-likeness (QED) is 0.494. The number of ether oxygens (including phenoxy) is 2. The van der Waals surface area contributed by atoms with Crippen molar-refractivity contribution in [2.24, 2.45) is 5.73 Å². The van der Waals surface area contributed by atoms with E-state index in [1.165, 1.54) is 7.11 Å². The van der Waals surface area contributed by atoms with Gasteiger partial charge in [0.15, 0.2) is 6.10 Å². The number of esters is 1. The van der Waals surface area contributed by atoms with Gasteiger partial charge in [0.2, 0.25) is 0 Å². The fourth-order valence-corrected chi connectivity index (χ4v) is 0.947. The Hall–Kier alpha value is -0.610. The van der Waals surface area contributed by atoms with Crippen LogP contribution in [0.2, 0.25) is 0 Å². The number of carbonyl (C=O) groups is 1. The molecule has 0 saturated carbocycles. The Balaban J connectivity index is 2.37. The third-order valence-electron chi connectivity index (χ3n) is 1.49. The zero-order chi connectivity index (χ0) is 7.56. The zero-order valence-electron chi connectivity index (χ0n) is 5.87. The molecule has 0 aromatic carbocycles. The average molecular weight is 145 g/mol. The largest absolute Gasteiger partial charge is 0.467 e. The summed E-state index contributed by atoms with van der Waals surface area (Å²) in [5, 5.41) is 0. The Labute approximate surface area is 59.3 Å². The minimum absolute atomic E-state index is 0.0101. The van der Waals surface area contributed by atoms with E-state index in [0.29, 0.717) is 13.0 Å². The highest BCUT2D eigenvalue weighted by Crippen LogP contribution is 2.11. The molecule has 1 fully saturated rings. The summed E-state index contributed by atoms with van der Waals surface area (Å²) in [6, 6.07) is -0.0101. The molecule has 0 aromatic heterocycles. The SMILES string of the molecule is COC(=O)[C@@H]1C[C@@H](N)CO1. The van der Waals surface area contributed by atoms with E-state index < -0.39 is 6.10 Å². The first-order valence-electron chi connectivity index (χ1n) is 3.19. The van der Waals surface area contributed by atoms with E-state index in [1.807, 2.05) is 0 Å². The summed E-state index contributed by atoms with van der Waals surface area (Å²) in [7, 11) is 1.34. The Kier molecular flexibility index (Phi) is 2.24. The van der Waals surface area contributed by atoms with Crippen molar-refractivity contribution in [3.63, 3.8) is 0 Å². The van der Waals surface area contributed by atoms with Crippen LogP contribution >= 0.6 is 0 Å². The van der Waals surface area contributed by atoms with Gasteiger partial charge in [-0.15, -0.1) is 0 Å². The van der Waals surface area contributed by atoms with E-state index >= 15 is 0 Å². The van der Waals surface area contributed by atoms with Gasteiger partial charge in [-0.25, -0.2) is 4.79 Å². The lowest BCUT2D eigenvalue weighted by molar-refractivity contribution is -0.151. The normalized spacial score (nSPS) is 32.2. The van der Waals surface area contributed by atoms with Crippen LogP contribution in [0.15, 0.2) is 0 Å². The van der Waals surface area contributed by atoms with Crippen molar-refractivity contribution in [3.8, 4) is 0 Å². The summed E-state index contributed by atoms with van der Waals surface area (Å²) in [6.45, 7) is 0.458. The van der Waals surface area contributed by atoms with Gasteiger partial charge in [-0.2, -0.15) is 0 Å². The van der Waals surface area contributed by atoms with Crippen molar-refractivity contribution in [1.82, 2.24) is 0 Å². The van der Waals surface area contributed by atoms with Crippen LogP contribution in [0.25, 0.3) is 0 Å². The smallest absolute Gasteiger partial charge is 0.335 e. The molecule has 4 nitrogen and oxygen atoms in total. The predicted molar refractivity (Wildman–Crippen MR) is 34.3 cm³/mol. The van der Waals surface area contributed by atoms with Gasteiger partial charge in [-0.05, 0) is 0 Å². The van der Waals surface area contributed by atoms with E-state index in [4.69, 9.17) is 10.5 Å². The first-order valence-corrected chi connectivity index (χ1v) is 3.19. The molecule has 0 amide bonds. The van der Waals surface area contributed by atoms with Crippen LogP contribution in [0.4, 0.5) is 0 Å². The lowest BCUT2D eigenvalue weighted by Gasteiger charge is -2.04. The molecular formula is C6H11NO3. The first-order chi connectivity index (χ1) is 4.74. The third-order valence-corrected chi connectivity index (χ3v) is 1.49. The molecule has 1 saturated heterocycles. The maximum atomic E-state index is 10.8. The van der Waals surface area contributed by atoms with Crippen LogP contribution in [-0.4, -0.2) is 31.8 Å². The van der Waals surface area contributed by atoms with Crippen molar-refractivity contribution in [2.75, 3.05) is 13.7 Å². The van der Waals surface area contributed by atoms with Gasteiger partial charge in [0.05, 0.1) is 13.7 Å². The molecule has 0 aromatic rings. The molecule has 1 rings (SSSR count). The van der Waals surface area contributed by atoms with Crippen LogP contribution in [0.1, 0.15) is 6.42 Å². The Morgan fingerprint density at radius 1 is 1.80 bits per heavy atom. The summed E-state index contributed by atoms with van der Waals surface area (Å²) in [5.41, 5.74) is 5.48. The summed E-state index contributed by atoms with van der Waals surface area (Å²) in [4.78, 5) is 10.8. The second kappa shape index (κ2) is 2.98. The first kappa shape index (κ1) is 7.50. The van der Waals surface area contributed by atoms with Crippen molar-refractivity contribution < 1.29 is 14.3 Å². The van der Waals surface area contributed by atoms with Crippen LogP contribution in [0, 0.1) is 0 Å². The van der Waals surface area contributed by atoms with Crippen molar-refractivity contribution in [1.29, 1.82) is 0 Å². The van der Waals surface area contributed by atoms with E-state index in [1.54, 1.807) is 0 Å². The zero-order valence-corrected chi connectivity index (χ0v) is 5.87. The van der Waals surface area contributed by atoms with Gasteiger partial charge in [0.1, 0.15) is 0 Å². The molecule has 0 radical (unpaired) electrons. The van der Waals surface area contributed by atoms with Crippen molar-refractivity contribution in [2.45, 2.75) is 18.6 Å². The number of hydrogen-bond acceptors (Lipinski definition) is 4. The van der Waals surface area contributed by atoms with Gasteiger partial charge < -0.3 is 15.2 Å². The summed E-state index contributed by atoms with van der Waals surface area (Å²) in [5.74, 6) is -0.326. The van der Waals surface area contributed by atoms with E-state index in [2.05, 4.69) is 4.74 Å². The summed E-state index contributed by atoms with van der Waals surface area (Å²) in [6.07, 6.45) is 0.146. The average Bonchev–Trinajstić information content (AvgIpc) is 2.34. The lowest BCUT2D eigenvalue weighted by atomic mass is 10.2. The van der Waals surface area contributed by atoms with Gasteiger partial charge in [-0.1, -0.05) is 0 Å². The highest BCUT2D eigenvalue weighted by Gasteiger charge is 2.29. The number of methoxy groups -OCH3 is 1. The Morgan fingerprint density at radius 2 is 2.50 bits per heavy atom. The highest BCUT2D eigenvalue weighted by atomic mass is 16.6. The fraction of sp³-hybridized carbons (Fsp3) is 0.833. The molecule has 2 N–H and O–H groups in total. The topological polar surface area (TPSA) is 61.5 Å². The minimum Gasteiger partial charge on any atom is -0.467 e. The third kappa shape index (κ3) is 1.46. The van der Waals surface area contributed by atoms with Gasteiger partial charge in [0.25, 0.3) is 0 Å². The Morgan fingerprint density at radius 3 is 2.90 bits per heavy atom. The van der Waals surface area contributed by atoms with E-state index in [-0.39, 0.29) is 12.0 Å². The molecule has 1 aliphatic heterocycles. The molecule has 1 aliphatic rings. The highest BCUT2D eigenvalue weighted by molar-refractivity contribution is 5.74. The molecule has 4 heteroatoms. The second-order valence-electron chi connectivity index (χ2n) is 2.34. The number of carbonyl (C=O) groups excluding carboxylic acids is 1. The van der Waals surface area contributed by atoms with Crippen LogP contribution in [-0.2, 0) is 14.3 Å². The molecule has 0 bridgehead atoms. The van der Waals surface area contributed by atoms with Crippen LogP contribution < -0.4 is 5.73 Å². The number of hydrogen-bond donors (Lipinski definition) is 1. The van der Waals surface area contributed by atoms with E-state index in [0.717, 1.165) is 0 Å². The fourth-order valence-electron chi connectivity index (χ4n) is 0.947.